The minimum Gasteiger partial charge on any atom is -0.480 e. The number of nitrogens with zero attached hydrogens (tertiary/aromatic N) is 2. The fraction of sp³-hybridized carbons (Fsp3) is 0.357. The zero-order valence-corrected chi connectivity index (χ0v) is 11.4. The molecule has 1 aliphatic heterocycles. The molecule has 0 fully saturated rings. The Labute approximate surface area is 116 Å². The number of carboxylic acids is 1. The second-order valence-electron chi connectivity index (χ2n) is 4.96. The van der Waals surface area contributed by atoms with Crippen LogP contribution < -0.4 is 0 Å². The predicted octanol–water partition coefficient (Wildman–Crippen LogP) is 1.04. The summed E-state index contributed by atoms with van der Waals surface area (Å²) < 4.78 is 0. The number of carbonyl (C=O) groups excluding carboxylic acids is 2. The number of rotatable bonds is 5. The monoisotopic (exact) mass is 276 g/mol. The molecule has 1 aromatic carbocycles. The van der Waals surface area contributed by atoms with Crippen molar-refractivity contribution in [2.24, 2.45) is 0 Å². The summed E-state index contributed by atoms with van der Waals surface area (Å²) >= 11 is 0. The van der Waals surface area contributed by atoms with Crippen molar-refractivity contribution in [1.29, 1.82) is 0 Å². The average Bonchev–Trinajstić information content (AvgIpc) is 2.63. The van der Waals surface area contributed by atoms with Crippen molar-refractivity contribution in [3.8, 4) is 0 Å². The highest BCUT2D eigenvalue weighted by Gasteiger charge is 2.36. The summed E-state index contributed by atoms with van der Waals surface area (Å²) in [4.78, 5) is 37.9. The lowest BCUT2D eigenvalue weighted by Gasteiger charge is -2.28. The van der Waals surface area contributed by atoms with Crippen molar-refractivity contribution in [2.75, 3.05) is 13.2 Å². The Balaban J connectivity index is 2.21. The molecule has 1 heterocycles. The van der Waals surface area contributed by atoms with Crippen molar-refractivity contribution in [1.82, 2.24) is 9.80 Å². The third-order valence-corrected chi connectivity index (χ3v) is 3.27. The number of imide groups is 1. The number of amides is 2. The number of carboxylic acid groups (broad SMARTS) is 1. The smallest absolute Gasteiger partial charge is 0.317 e. The molecular weight excluding hydrogens is 260 g/mol. The van der Waals surface area contributed by atoms with Crippen LogP contribution in [0.2, 0.25) is 0 Å². The predicted molar refractivity (Wildman–Crippen MR) is 71.3 cm³/mol. The highest BCUT2D eigenvalue weighted by atomic mass is 16.4. The van der Waals surface area contributed by atoms with E-state index in [1.54, 1.807) is 29.2 Å². The van der Waals surface area contributed by atoms with Crippen LogP contribution in [-0.4, -0.2) is 51.9 Å². The number of hydrogen-bond donors (Lipinski definition) is 1. The highest BCUT2D eigenvalue weighted by molar-refractivity contribution is 6.21. The van der Waals surface area contributed by atoms with Gasteiger partial charge in [-0.15, -0.1) is 0 Å². The van der Waals surface area contributed by atoms with E-state index < -0.39 is 5.97 Å². The van der Waals surface area contributed by atoms with Gasteiger partial charge in [-0.2, -0.15) is 0 Å². The normalized spacial score (nSPS) is 14.3. The lowest BCUT2D eigenvalue weighted by atomic mass is 10.1. The molecular formula is C14H16N2O4. The molecule has 0 saturated heterocycles. The second kappa shape index (κ2) is 5.42. The van der Waals surface area contributed by atoms with Crippen molar-refractivity contribution in [2.45, 2.75) is 19.9 Å². The van der Waals surface area contributed by atoms with Gasteiger partial charge < -0.3 is 5.11 Å². The number of fused-ring (bicyclic) bond motifs is 1. The third-order valence-electron chi connectivity index (χ3n) is 3.27. The van der Waals surface area contributed by atoms with E-state index in [9.17, 15) is 14.4 Å². The number of hydrogen-bond acceptors (Lipinski definition) is 4. The maximum absolute atomic E-state index is 12.2. The zero-order valence-electron chi connectivity index (χ0n) is 11.4. The quantitative estimate of drug-likeness (QED) is 0.813. The molecule has 6 nitrogen and oxygen atoms in total. The van der Waals surface area contributed by atoms with E-state index in [4.69, 9.17) is 5.11 Å². The molecule has 2 rings (SSSR count). The van der Waals surface area contributed by atoms with Gasteiger partial charge in [0.1, 0.15) is 0 Å². The maximum Gasteiger partial charge on any atom is 0.317 e. The van der Waals surface area contributed by atoms with Gasteiger partial charge in [0.2, 0.25) is 0 Å². The SMILES string of the molecule is CC(C)N(CC(=O)O)CN1C(=O)c2ccccc2C1=O. The van der Waals surface area contributed by atoms with Crippen molar-refractivity contribution < 1.29 is 19.5 Å². The fourth-order valence-corrected chi connectivity index (χ4v) is 2.12. The molecule has 0 saturated carbocycles. The van der Waals surface area contributed by atoms with E-state index in [2.05, 4.69) is 0 Å². The van der Waals surface area contributed by atoms with Gasteiger partial charge in [-0.25, -0.2) is 0 Å². The van der Waals surface area contributed by atoms with Gasteiger partial charge in [-0.05, 0) is 26.0 Å². The molecule has 20 heavy (non-hydrogen) atoms. The number of carbonyl (C=O) groups is 3. The van der Waals surface area contributed by atoms with Crippen LogP contribution in [0.1, 0.15) is 34.6 Å². The van der Waals surface area contributed by atoms with Crippen LogP contribution in [0.25, 0.3) is 0 Å². The second-order valence-corrected chi connectivity index (χ2v) is 4.96. The number of aliphatic carboxylic acids is 1. The lowest BCUT2D eigenvalue weighted by Crippen LogP contribution is -2.46. The van der Waals surface area contributed by atoms with E-state index in [0.717, 1.165) is 4.90 Å². The molecule has 0 atom stereocenters. The Morgan fingerprint density at radius 1 is 1.20 bits per heavy atom. The Kier molecular flexibility index (Phi) is 3.85. The van der Waals surface area contributed by atoms with Gasteiger partial charge in [0.25, 0.3) is 11.8 Å². The summed E-state index contributed by atoms with van der Waals surface area (Å²) in [5.74, 6) is -1.74. The highest BCUT2D eigenvalue weighted by Crippen LogP contribution is 2.22. The summed E-state index contributed by atoms with van der Waals surface area (Å²) in [6, 6.07) is 6.52. The Morgan fingerprint density at radius 3 is 2.10 bits per heavy atom. The molecule has 0 unspecified atom stereocenters. The maximum atomic E-state index is 12.2. The first-order chi connectivity index (χ1) is 9.41. The molecule has 1 N–H and O–H groups in total. The van der Waals surface area contributed by atoms with Gasteiger partial charge in [-0.3, -0.25) is 24.2 Å². The van der Waals surface area contributed by atoms with Gasteiger partial charge in [0.05, 0.1) is 24.3 Å². The van der Waals surface area contributed by atoms with Crippen LogP contribution in [0.4, 0.5) is 0 Å². The first-order valence-electron chi connectivity index (χ1n) is 6.33. The molecule has 106 valence electrons. The summed E-state index contributed by atoms with van der Waals surface area (Å²) in [6.07, 6.45) is 0. The minimum absolute atomic E-state index is 0.0175. The van der Waals surface area contributed by atoms with E-state index in [1.807, 2.05) is 13.8 Å². The Hall–Kier alpha value is -2.21. The molecule has 0 aromatic heterocycles. The van der Waals surface area contributed by atoms with Crippen LogP contribution in [0.5, 0.6) is 0 Å². The Morgan fingerprint density at radius 2 is 1.70 bits per heavy atom. The largest absolute Gasteiger partial charge is 0.480 e. The third kappa shape index (κ3) is 2.55. The molecule has 1 aliphatic rings. The lowest BCUT2D eigenvalue weighted by molar-refractivity contribution is -0.139. The van der Waals surface area contributed by atoms with Gasteiger partial charge in [0, 0.05) is 6.04 Å². The van der Waals surface area contributed by atoms with E-state index in [0.29, 0.717) is 11.1 Å². The number of benzene rings is 1. The molecule has 0 spiro atoms. The molecule has 6 heteroatoms. The van der Waals surface area contributed by atoms with Crippen LogP contribution >= 0.6 is 0 Å². The average molecular weight is 276 g/mol. The standard InChI is InChI=1S/C14H16N2O4/c1-9(2)15(7-12(17)18)8-16-13(19)10-5-3-4-6-11(10)14(16)20/h3-6,9H,7-8H2,1-2H3,(H,17,18). The Bertz CT molecular complexity index is 533. The van der Waals surface area contributed by atoms with Gasteiger partial charge in [0.15, 0.2) is 0 Å². The summed E-state index contributed by atoms with van der Waals surface area (Å²) in [5.41, 5.74) is 0.744. The first-order valence-corrected chi connectivity index (χ1v) is 6.33. The first kappa shape index (κ1) is 14.2. The van der Waals surface area contributed by atoms with Crippen LogP contribution in [0.15, 0.2) is 24.3 Å². The summed E-state index contributed by atoms with van der Waals surface area (Å²) in [5, 5.41) is 8.88. The van der Waals surface area contributed by atoms with E-state index in [1.165, 1.54) is 0 Å². The van der Waals surface area contributed by atoms with E-state index in [-0.39, 0.29) is 31.1 Å². The van der Waals surface area contributed by atoms with Crippen molar-refractivity contribution >= 4 is 17.8 Å². The fourth-order valence-electron chi connectivity index (χ4n) is 2.12. The molecule has 0 bridgehead atoms. The minimum atomic E-state index is -0.990. The molecule has 2 amide bonds. The van der Waals surface area contributed by atoms with Crippen molar-refractivity contribution in [3.63, 3.8) is 0 Å². The van der Waals surface area contributed by atoms with Crippen LogP contribution in [0, 0.1) is 0 Å². The van der Waals surface area contributed by atoms with Crippen molar-refractivity contribution in [3.05, 3.63) is 35.4 Å². The van der Waals surface area contributed by atoms with Gasteiger partial charge >= 0.3 is 5.97 Å². The molecule has 0 aliphatic carbocycles. The summed E-state index contributed by atoms with van der Waals surface area (Å²) in [7, 11) is 0. The van der Waals surface area contributed by atoms with Gasteiger partial charge in [-0.1, -0.05) is 12.1 Å². The zero-order chi connectivity index (χ0) is 14.9. The summed E-state index contributed by atoms with van der Waals surface area (Å²) in [6.45, 7) is 3.41. The van der Waals surface area contributed by atoms with Crippen LogP contribution in [0.3, 0.4) is 0 Å². The topological polar surface area (TPSA) is 77.9 Å². The molecule has 0 radical (unpaired) electrons. The van der Waals surface area contributed by atoms with Crippen LogP contribution in [-0.2, 0) is 4.79 Å². The molecule has 1 aromatic rings. The van der Waals surface area contributed by atoms with E-state index >= 15 is 0 Å².